The van der Waals surface area contributed by atoms with Gasteiger partial charge in [0.05, 0.1) is 25.8 Å². The molecule has 1 aromatic heterocycles. The van der Waals surface area contributed by atoms with E-state index in [0.29, 0.717) is 16.5 Å². The first-order valence-electron chi connectivity index (χ1n) is 8.21. The van der Waals surface area contributed by atoms with Gasteiger partial charge in [0, 0.05) is 23.5 Å². The van der Waals surface area contributed by atoms with E-state index >= 15 is 0 Å². The molecule has 128 valence electrons. The molecule has 1 aliphatic rings. The van der Waals surface area contributed by atoms with E-state index in [1.54, 1.807) is 23.5 Å². The number of rotatable bonds is 2. The SMILES string of the molecule is O=C(c1ccc(Br)cc1Cl)N1CCC(c2nc3ccccc3s2)CC1. The van der Waals surface area contributed by atoms with Crippen LogP contribution in [0.2, 0.25) is 5.02 Å². The molecule has 1 saturated heterocycles. The molecule has 0 spiro atoms. The van der Waals surface area contributed by atoms with Gasteiger partial charge in [0.1, 0.15) is 0 Å². The van der Waals surface area contributed by atoms with Crippen LogP contribution in [0.15, 0.2) is 46.9 Å². The van der Waals surface area contributed by atoms with Crippen molar-refractivity contribution in [3.8, 4) is 0 Å². The third kappa shape index (κ3) is 3.46. The van der Waals surface area contributed by atoms with Crippen molar-refractivity contribution in [1.82, 2.24) is 9.88 Å². The third-order valence-corrected chi connectivity index (χ3v) is 6.61. The maximum Gasteiger partial charge on any atom is 0.255 e. The van der Waals surface area contributed by atoms with Crippen LogP contribution in [0.3, 0.4) is 0 Å². The van der Waals surface area contributed by atoms with E-state index in [4.69, 9.17) is 16.6 Å². The van der Waals surface area contributed by atoms with Crippen molar-refractivity contribution >= 4 is 55.0 Å². The Morgan fingerprint density at radius 1 is 1.20 bits per heavy atom. The number of hydrogen-bond donors (Lipinski definition) is 0. The van der Waals surface area contributed by atoms with E-state index in [1.807, 2.05) is 23.1 Å². The van der Waals surface area contributed by atoms with Crippen LogP contribution in [0.4, 0.5) is 0 Å². The smallest absolute Gasteiger partial charge is 0.255 e. The van der Waals surface area contributed by atoms with Crippen molar-refractivity contribution in [1.29, 1.82) is 0 Å². The number of thiazole rings is 1. The number of nitrogens with zero attached hydrogens (tertiary/aromatic N) is 2. The Morgan fingerprint density at radius 3 is 2.68 bits per heavy atom. The minimum atomic E-state index is 0.0141. The van der Waals surface area contributed by atoms with E-state index in [1.165, 1.54) is 9.71 Å². The van der Waals surface area contributed by atoms with Gasteiger partial charge < -0.3 is 4.90 Å². The van der Waals surface area contributed by atoms with Gasteiger partial charge in [-0.1, -0.05) is 39.7 Å². The second kappa shape index (κ2) is 7.06. The quantitative estimate of drug-likeness (QED) is 0.515. The number of hydrogen-bond acceptors (Lipinski definition) is 3. The molecular weight excluding hydrogens is 420 g/mol. The van der Waals surface area contributed by atoms with Gasteiger partial charge in [0.2, 0.25) is 0 Å². The Balaban J connectivity index is 1.46. The highest BCUT2D eigenvalue weighted by Crippen LogP contribution is 2.34. The highest BCUT2D eigenvalue weighted by atomic mass is 79.9. The number of halogens is 2. The predicted molar refractivity (Wildman–Crippen MR) is 107 cm³/mol. The number of carbonyl (C=O) groups is 1. The number of amides is 1. The Bertz CT molecular complexity index is 901. The Labute approximate surface area is 163 Å². The van der Waals surface area contributed by atoms with E-state index in [-0.39, 0.29) is 5.91 Å². The third-order valence-electron chi connectivity index (χ3n) is 4.60. The van der Waals surface area contributed by atoms with Crippen molar-refractivity contribution in [2.45, 2.75) is 18.8 Å². The molecule has 4 rings (SSSR count). The summed E-state index contributed by atoms with van der Waals surface area (Å²) in [5.74, 6) is 0.446. The van der Waals surface area contributed by atoms with Crippen molar-refractivity contribution in [2.24, 2.45) is 0 Å². The topological polar surface area (TPSA) is 33.2 Å². The molecule has 0 atom stereocenters. The lowest BCUT2D eigenvalue weighted by Crippen LogP contribution is -2.38. The molecule has 1 fully saturated rings. The summed E-state index contributed by atoms with van der Waals surface area (Å²) in [5.41, 5.74) is 1.64. The van der Waals surface area contributed by atoms with Crippen LogP contribution in [0.1, 0.15) is 34.1 Å². The molecule has 2 aromatic carbocycles. The fraction of sp³-hybridized carbons (Fsp3) is 0.263. The minimum Gasteiger partial charge on any atom is -0.339 e. The summed E-state index contributed by atoms with van der Waals surface area (Å²) >= 11 is 11.4. The first kappa shape index (κ1) is 17.0. The van der Waals surface area contributed by atoms with Crippen LogP contribution in [-0.2, 0) is 0 Å². The normalized spacial score (nSPS) is 15.7. The lowest BCUT2D eigenvalue weighted by molar-refractivity contribution is 0.0713. The fourth-order valence-electron chi connectivity index (χ4n) is 3.23. The zero-order valence-corrected chi connectivity index (χ0v) is 16.6. The van der Waals surface area contributed by atoms with Crippen molar-refractivity contribution in [3.05, 3.63) is 62.5 Å². The monoisotopic (exact) mass is 434 g/mol. The van der Waals surface area contributed by atoms with Gasteiger partial charge in [-0.25, -0.2) is 4.98 Å². The summed E-state index contributed by atoms with van der Waals surface area (Å²) in [6.45, 7) is 1.48. The maximum atomic E-state index is 12.7. The van der Waals surface area contributed by atoms with Crippen LogP contribution >= 0.6 is 38.9 Å². The lowest BCUT2D eigenvalue weighted by atomic mass is 9.97. The van der Waals surface area contributed by atoms with E-state index < -0.39 is 0 Å². The Kier molecular flexibility index (Phi) is 4.80. The van der Waals surface area contributed by atoms with E-state index in [0.717, 1.165) is 35.9 Å². The van der Waals surface area contributed by atoms with Gasteiger partial charge in [-0.05, 0) is 43.2 Å². The first-order chi connectivity index (χ1) is 12.1. The van der Waals surface area contributed by atoms with Crippen molar-refractivity contribution < 1.29 is 4.79 Å². The van der Waals surface area contributed by atoms with Gasteiger partial charge in [-0.2, -0.15) is 0 Å². The minimum absolute atomic E-state index is 0.0141. The Morgan fingerprint density at radius 2 is 1.96 bits per heavy atom. The molecule has 1 amide bonds. The first-order valence-corrected chi connectivity index (χ1v) is 10.2. The fourth-order valence-corrected chi connectivity index (χ4v) is 5.12. The molecule has 2 heterocycles. The summed E-state index contributed by atoms with van der Waals surface area (Å²) in [6, 6.07) is 13.7. The summed E-state index contributed by atoms with van der Waals surface area (Å²) in [5, 5.41) is 1.68. The number of piperidine rings is 1. The van der Waals surface area contributed by atoms with Gasteiger partial charge in [0.25, 0.3) is 5.91 Å². The highest BCUT2D eigenvalue weighted by molar-refractivity contribution is 9.10. The predicted octanol–water partition coefficient (Wildman–Crippen LogP) is 5.73. The summed E-state index contributed by atoms with van der Waals surface area (Å²) in [6.07, 6.45) is 1.89. The van der Waals surface area contributed by atoms with Crippen LogP contribution in [0.5, 0.6) is 0 Å². The molecule has 0 saturated carbocycles. The standard InChI is InChI=1S/C19H16BrClN2OS/c20-13-5-6-14(15(21)11-13)19(24)23-9-7-12(8-10-23)18-22-16-3-1-2-4-17(16)25-18/h1-6,11-12H,7-10H2. The van der Waals surface area contributed by atoms with Gasteiger partial charge in [-0.3, -0.25) is 4.79 Å². The molecule has 0 bridgehead atoms. The van der Waals surface area contributed by atoms with Crippen LogP contribution in [0, 0.1) is 0 Å². The van der Waals surface area contributed by atoms with Crippen LogP contribution in [0.25, 0.3) is 10.2 Å². The summed E-state index contributed by atoms with van der Waals surface area (Å²) in [7, 11) is 0. The van der Waals surface area contributed by atoms with Crippen molar-refractivity contribution in [2.75, 3.05) is 13.1 Å². The second-order valence-electron chi connectivity index (χ2n) is 6.21. The van der Waals surface area contributed by atoms with Crippen LogP contribution in [-0.4, -0.2) is 28.9 Å². The Hall–Kier alpha value is -1.43. The molecule has 3 aromatic rings. The second-order valence-corrected chi connectivity index (χ2v) is 8.60. The summed E-state index contributed by atoms with van der Waals surface area (Å²) < 4.78 is 2.11. The molecule has 0 aliphatic carbocycles. The highest BCUT2D eigenvalue weighted by Gasteiger charge is 2.27. The number of fused-ring (bicyclic) bond motifs is 1. The van der Waals surface area contributed by atoms with Gasteiger partial charge >= 0.3 is 0 Å². The number of aromatic nitrogens is 1. The number of benzene rings is 2. The molecule has 0 N–H and O–H groups in total. The molecule has 0 unspecified atom stereocenters. The molecule has 25 heavy (non-hydrogen) atoms. The zero-order chi connectivity index (χ0) is 17.4. The molecular formula is C19H16BrClN2OS. The molecule has 6 heteroatoms. The van der Waals surface area contributed by atoms with Crippen molar-refractivity contribution in [3.63, 3.8) is 0 Å². The largest absolute Gasteiger partial charge is 0.339 e. The maximum absolute atomic E-state index is 12.7. The molecule has 3 nitrogen and oxygen atoms in total. The van der Waals surface area contributed by atoms with Gasteiger partial charge in [0.15, 0.2) is 0 Å². The number of para-hydroxylation sites is 1. The number of likely N-dealkylation sites (tertiary alicyclic amines) is 1. The van der Waals surface area contributed by atoms with E-state index in [9.17, 15) is 4.79 Å². The van der Waals surface area contributed by atoms with E-state index in [2.05, 4.69) is 28.1 Å². The zero-order valence-electron chi connectivity index (χ0n) is 13.4. The average molecular weight is 436 g/mol. The summed E-state index contributed by atoms with van der Waals surface area (Å²) in [4.78, 5) is 19.4. The molecule has 0 radical (unpaired) electrons. The lowest BCUT2D eigenvalue weighted by Gasteiger charge is -2.31. The average Bonchev–Trinajstić information content (AvgIpc) is 3.05. The number of carbonyl (C=O) groups excluding carboxylic acids is 1. The molecule has 1 aliphatic heterocycles. The van der Waals surface area contributed by atoms with Crippen LogP contribution < -0.4 is 0 Å². The van der Waals surface area contributed by atoms with Gasteiger partial charge in [-0.15, -0.1) is 11.3 Å².